The molecule has 0 aliphatic carbocycles. The number of carbonyl (C=O) groups is 1. The molecule has 12 heavy (non-hydrogen) atoms. The van der Waals surface area contributed by atoms with E-state index in [2.05, 4.69) is 17.4 Å². The number of thiol groups is 1. The van der Waals surface area contributed by atoms with E-state index in [9.17, 15) is 4.79 Å². The Morgan fingerprint density at radius 3 is 2.50 bits per heavy atom. The molecule has 0 saturated heterocycles. The second kappa shape index (κ2) is 6.24. The normalized spacial score (nSPS) is 15.3. The summed E-state index contributed by atoms with van der Waals surface area (Å²) in [5.41, 5.74) is 0. The SMILES string of the molecule is O=C(OCC(O)CO)C(O)CS. The average molecular weight is 196 g/mol. The third-order valence-electron chi connectivity index (χ3n) is 1.07. The fourth-order valence-corrected chi connectivity index (χ4v) is 0.551. The molecule has 0 aromatic carbocycles. The van der Waals surface area contributed by atoms with Gasteiger partial charge in [-0.25, -0.2) is 4.79 Å². The Bertz CT molecular complexity index is 140. The second-order valence-corrected chi connectivity index (χ2v) is 2.53. The molecule has 6 heteroatoms. The predicted octanol–water partition coefficient (Wildman–Crippen LogP) is -1.83. The number of hydrogen-bond donors (Lipinski definition) is 4. The summed E-state index contributed by atoms with van der Waals surface area (Å²) in [6.45, 7) is -0.801. The minimum atomic E-state index is -1.28. The molecule has 0 bridgehead atoms. The number of ether oxygens (including phenoxy) is 1. The third kappa shape index (κ3) is 4.55. The molecule has 0 aromatic rings. The Labute approximate surface area is 75.4 Å². The van der Waals surface area contributed by atoms with Gasteiger partial charge in [-0.1, -0.05) is 0 Å². The van der Waals surface area contributed by atoms with Crippen LogP contribution < -0.4 is 0 Å². The van der Waals surface area contributed by atoms with Crippen LogP contribution in [0.5, 0.6) is 0 Å². The van der Waals surface area contributed by atoms with Crippen LogP contribution in [0, 0.1) is 0 Å². The van der Waals surface area contributed by atoms with Crippen LogP contribution in [0.4, 0.5) is 0 Å². The largest absolute Gasteiger partial charge is 0.461 e. The summed E-state index contributed by atoms with van der Waals surface area (Å²) in [6.07, 6.45) is -2.37. The van der Waals surface area contributed by atoms with Crippen molar-refractivity contribution in [1.82, 2.24) is 0 Å². The van der Waals surface area contributed by atoms with Gasteiger partial charge in [0.2, 0.25) is 0 Å². The Morgan fingerprint density at radius 1 is 1.50 bits per heavy atom. The molecule has 0 aliphatic rings. The standard InChI is InChI=1S/C6H12O5S/c7-1-4(8)2-11-6(10)5(9)3-12/h4-5,7-9,12H,1-3H2. The van der Waals surface area contributed by atoms with Gasteiger partial charge in [0, 0.05) is 5.75 Å². The molecule has 0 heterocycles. The quantitative estimate of drug-likeness (QED) is 0.307. The molecule has 2 unspecified atom stereocenters. The van der Waals surface area contributed by atoms with Crippen molar-refractivity contribution in [2.75, 3.05) is 19.0 Å². The number of aliphatic hydroxyl groups is 3. The summed E-state index contributed by atoms with van der Waals surface area (Å²) in [7, 11) is 0. The molecule has 5 nitrogen and oxygen atoms in total. The van der Waals surface area contributed by atoms with E-state index in [1.54, 1.807) is 0 Å². The molecule has 0 saturated carbocycles. The Hall–Kier alpha value is -0.300. The van der Waals surface area contributed by atoms with Gasteiger partial charge >= 0.3 is 5.97 Å². The maximum absolute atomic E-state index is 10.7. The van der Waals surface area contributed by atoms with Crippen LogP contribution in [-0.4, -0.2) is 52.5 Å². The molecule has 0 radical (unpaired) electrons. The number of aliphatic hydroxyl groups excluding tert-OH is 3. The van der Waals surface area contributed by atoms with Gasteiger partial charge in [-0.15, -0.1) is 0 Å². The molecule has 3 N–H and O–H groups in total. The summed E-state index contributed by atoms with van der Waals surface area (Å²) in [4.78, 5) is 10.7. The van der Waals surface area contributed by atoms with Crippen LogP contribution in [-0.2, 0) is 9.53 Å². The molecule has 72 valence electrons. The summed E-state index contributed by atoms with van der Waals surface area (Å²) in [6, 6.07) is 0. The molecule has 0 amide bonds. The molecular formula is C6H12O5S. The van der Waals surface area contributed by atoms with Gasteiger partial charge in [-0.2, -0.15) is 12.6 Å². The Morgan fingerprint density at radius 2 is 2.08 bits per heavy atom. The number of hydrogen-bond acceptors (Lipinski definition) is 6. The van der Waals surface area contributed by atoms with E-state index in [1.807, 2.05) is 0 Å². The first-order chi connectivity index (χ1) is 5.61. The number of carbonyl (C=O) groups excluding carboxylic acids is 1. The highest BCUT2D eigenvalue weighted by molar-refractivity contribution is 7.80. The summed E-state index contributed by atoms with van der Waals surface area (Å²) >= 11 is 3.66. The first kappa shape index (κ1) is 11.7. The lowest BCUT2D eigenvalue weighted by Crippen LogP contribution is -2.29. The summed E-state index contributed by atoms with van der Waals surface area (Å²) < 4.78 is 4.40. The van der Waals surface area contributed by atoms with Crippen molar-refractivity contribution in [3.8, 4) is 0 Å². The van der Waals surface area contributed by atoms with Gasteiger partial charge in [-0.3, -0.25) is 0 Å². The molecule has 0 rings (SSSR count). The molecule has 0 aromatic heterocycles. The highest BCUT2D eigenvalue weighted by atomic mass is 32.1. The topological polar surface area (TPSA) is 87.0 Å². The lowest BCUT2D eigenvalue weighted by Gasteiger charge is -2.10. The first-order valence-corrected chi connectivity index (χ1v) is 3.99. The van der Waals surface area contributed by atoms with Crippen LogP contribution >= 0.6 is 12.6 Å². The maximum Gasteiger partial charge on any atom is 0.335 e. The lowest BCUT2D eigenvalue weighted by atomic mass is 10.4. The minimum Gasteiger partial charge on any atom is -0.461 e. The van der Waals surface area contributed by atoms with Crippen molar-refractivity contribution in [1.29, 1.82) is 0 Å². The van der Waals surface area contributed by atoms with E-state index in [4.69, 9.17) is 15.3 Å². The van der Waals surface area contributed by atoms with E-state index < -0.39 is 24.8 Å². The van der Waals surface area contributed by atoms with E-state index in [0.717, 1.165) is 0 Å². The fraction of sp³-hybridized carbons (Fsp3) is 0.833. The summed E-state index contributed by atoms with van der Waals surface area (Å²) in [5, 5.41) is 25.9. The van der Waals surface area contributed by atoms with E-state index in [1.165, 1.54) is 0 Å². The Kier molecular flexibility index (Phi) is 6.09. The van der Waals surface area contributed by atoms with Crippen molar-refractivity contribution in [3.05, 3.63) is 0 Å². The van der Waals surface area contributed by atoms with Gasteiger partial charge < -0.3 is 20.1 Å². The van der Waals surface area contributed by atoms with Crippen molar-refractivity contribution in [2.24, 2.45) is 0 Å². The second-order valence-electron chi connectivity index (χ2n) is 2.16. The van der Waals surface area contributed by atoms with Crippen molar-refractivity contribution in [3.63, 3.8) is 0 Å². The minimum absolute atomic E-state index is 0.0337. The zero-order chi connectivity index (χ0) is 9.56. The summed E-state index contributed by atoms with van der Waals surface area (Å²) in [5.74, 6) is -0.883. The van der Waals surface area contributed by atoms with Crippen LogP contribution in [0.2, 0.25) is 0 Å². The van der Waals surface area contributed by atoms with Crippen molar-refractivity contribution >= 4 is 18.6 Å². The van der Waals surface area contributed by atoms with Gasteiger partial charge in [0.15, 0.2) is 6.10 Å². The highest BCUT2D eigenvalue weighted by Gasteiger charge is 2.15. The average Bonchev–Trinajstić information content (AvgIpc) is 2.11. The fourth-order valence-electron chi connectivity index (χ4n) is 0.402. The first-order valence-electron chi connectivity index (χ1n) is 3.36. The number of esters is 1. The van der Waals surface area contributed by atoms with E-state index >= 15 is 0 Å². The monoisotopic (exact) mass is 196 g/mol. The van der Waals surface area contributed by atoms with E-state index in [0.29, 0.717) is 0 Å². The van der Waals surface area contributed by atoms with Gasteiger partial charge in [0.25, 0.3) is 0 Å². The third-order valence-corrected chi connectivity index (χ3v) is 1.42. The van der Waals surface area contributed by atoms with E-state index in [-0.39, 0.29) is 12.4 Å². The lowest BCUT2D eigenvalue weighted by molar-refractivity contribution is -0.155. The molecule has 0 aliphatic heterocycles. The zero-order valence-corrected chi connectivity index (χ0v) is 7.28. The van der Waals surface area contributed by atoms with Crippen LogP contribution in [0.15, 0.2) is 0 Å². The van der Waals surface area contributed by atoms with Crippen molar-refractivity contribution in [2.45, 2.75) is 12.2 Å². The van der Waals surface area contributed by atoms with Gasteiger partial charge in [-0.05, 0) is 0 Å². The number of rotatable bonds is 5. The molecule has 0 fully saturated rings. The molecule has 2 atom stereocenters. The molecular weight excluding hydrogens is 184 g/mol. The van der Waals surface area contributed by atoms with Crippen molar-refractivity contribution < 1.29 is 24.9 Å². The van der Waals surface area contributed by atoms with Gasteiger partial charge in [0.1, 0.15) is 12.7 Å². The predicted molar refractivity (Wildman–Crippen MR) is 43.9 cm³/mol. The smallest absolute Gasteiger partial charge is 0.335 e. The maximum atomic E-state index is 10.7. The van der Waals surface area contributed by atoms with Crippen LogP contribution in [0.3, 0.4) is 0 Å². The van der Waals surface area contributed by atoms with Crippen LogP contribution in [0.25, 0.3) is 0 Å². The highest BCUT2D eigenvalue weighted by Crippen LogP contribution is 1.93. The zero-order valence-electron chi connectivity index (χ0n) is 6.38. The Balaban J connectivity index is 3.56. The van der Waals surface area contributed by atoms with Crippen LogP contribution in [0.1, 0.15) is 0 Å². The van der Waals surface area contributed by atoms with Gasteiger partial charge in [0.05, 0.1) is 6.61 Å². The molecule has 0 spiro atoms.